The zero-order valence-electron chi connectivity index (χ0n) is 18.4. The molecule has 0 atom stereocenters. The number of aromatic nitrogens is 1. The minimum absolute atomic E-state index is 0.0214. The normalized spacial score (nSPS) is 15.2. The average molecular weight is 453 g/mol. The minimum Gasteiger partial charge on any atom is -0.497 e. The second-order valence-corrected chi connectivity index (χ2v) is 8.81. The van der Waals surface area contributed by atoms with E-state index in [1.165, 1.54) is 16.9 Å². The van der Waals surface area contributed by atoms with Crippen LogP contribution in [0.4, 0.5) is 0 Å². The molecule has 6 nitrogen and oxygen atoms in total. The van der Waals surface area contributed by atoms with E-state index in [1.807, 2.05) is 41.8 Å². The zero-order valence-corrected chi connectivity index (χ0v) is 19.2. The van der Waals surface area contributed by atoms with Crippen LogP contribution in [-0.4, -0.2) is 44.9 Å². The third kappa shape index (κ3) is 5.11. The number of hydrogen-bond donors (Lipinski definition) is 1. The van der Waals surface area contributed by atoms with Gasteiger partial charge in [0, 0.05) is 36.1 Å². The molecule has 1 N–H and O–H groups in total. The van der Waals surface area contributed by atoms with Gasteiger partial charge in [0.2, 0.25) is 5.91 Å². The first-order valence-electron chi connectivity index (χ1n) is 10.7. The van der Waals surface area contributed by atoms with Crippen molar-refractivity contribution < 1.29 is 19.0 Å². The van der Waals surface area contributed by atoms with E-state index in [2.05, 4.69) is 22.4 Å². The lowest BCUT2D eigenvalue weighted by atomic mass is 9.74. The molecule has 1 fully saturated rings. The maximum atomic E-state index is 12.8. The second-order valence-electron chi connectivity index (χ2n) is 7.95. The minimum atomic E-state index is -0.131. The Bertz CT molecular complexity index is 1040. The van der Waals surface area contributed by atoms with Crippen LogP contribution in [0.1, 0.15) is 24.1 Å². The Hall–Kier alpha value is -2.90. The number of amides is 1. The highest BCUT2D eigenvalue weighted by Gasteiger charge is 2.35. The number of thiazole rings is 1. The predicted molar refractivity (Wildman–Crippen MR) is 126 cm³/mol. The van der Waals surface area contributed by atoms with E-state index in [4.69, 9.17) is 14.2 Å². The van der Waals surface area contributed by atoms with Crippen molar-refractivity contribution >= 4 is 17.2 Å². The number of methoxy groups -OCH3 is 2. The molecular formula is C25H28N2O4S. The summed E-state index contributed by atoms with van der Waals surface area (Å²) < 4.78 is 16.2. The summed E-state index contributed by atoms with van der Waals surface area (Å²) in [6, 6.07) is 15.9. The van der Waals surface area contributed by atoms with Gasteiger partial charge in [0.15, 0.2) is 0 Å². The first-order chi connectivity index (χ1) is 15.6. The highest BCUT2D eigenvalue weighted by Crippen LogP contribution is 2.35. The number of nitrogens with zero attached hydrogens (tertiary/aromatic N) is 1. The predicted octanol–water partition coefficient (Wildman–Crippen LogP) is 4.23. The summed E-state index contributed by atoms with van der Waals surface area (Å²) in [6.45, 7) is 1.96. The van der Waals surface area contributed by atoms with Crippen molar-refractivity contribution in [1.29, 1.82) is 0 Å². The number of ether oxygens (including phenoxy) is 3. The largest absolute Gasteiger partial charge is 0.497 e. The molecule has 1 aliphatic heterocycles. The lowest BCUT2D eigenvalue weighted by Crippen LogP contribution is -2.45. The van der Waals surface area contributed by atoms with Crippen LogP contribution in [0, 0.1) is 0 Å². The van der Waals surface area contributed by atoms with Gasteiger partial charge in [0.05, 0.1) is 26.3 Å². The molecule has 1 aromatic heterocycles. The van der Waals surface area contributed by atoms with Crippen LogP contribution in [0.25, 0.3) is 10.6 Å². The van der Waals surface area contributed by atoms with Crippen molar-refractivity contribution in [3.8, 4) is 22.1 Å². The number of carbonyl (C=O) groups is 1. The Balaban J connectivity index is 1.41. The van der Waals surface area contributed by atoms with E-state index >= 15 is 0 Å². The summed E-state index contributed by atoms with van der Waals surface area (Å²) in [5, 5.41) is 5.98. The molecule has 3 aromatic rings. The van der Waals surface area contributed by atoms with E-state index in [9.17, 15) is 4.79 Å². The first kappa shape index (κ1) is 22.3. The molecule has 0 aliphatic carbocycles. The lowest BCUT2D eigenvalue weighted by Gasteiger charge is -2.38. The molecule has 0 spiro atoms. The van der Waals surface area contributed by atoms with Crippen LogP contribution in [0.15, 0.2) is 53.9 Å². The summed E-state index contributed by atoms with van der Waals surface area (Å²) in [6.07, 6.45) is 2.00. The van der Waals surface area contributed by atoms with E-state index in [0.717, 1.165) is 40.6 Å². The van der Waals surface area contributed by atoms with Gasteiger partial charge in [-0.3, -0.25) is 4.79 Å². The van der Waals surface area contributed by atoms with Crippen molar-refractivity contribution in [3.63, 3.8) is 0 Å². The van der Waals surface area contributed by atoms with E-state index < -0.39 is 0 Å². The lowest BCUT2D eigenvalue weighted by molar-refractivity contribution is -0.121. The van der Waals surface area contributed by atoms with Crippen LogP contribution in [0.5, 0.6) is 11.5 Å². The standard InChI is InChI=1S/C25H28N2O4S/c1-29-21-8-6-19(7-9-21)25(10-12-31-13-11-25)17-26-23(28)15-20-16-32-24(27-20)18-4-3-5-22(14-18)30-2/h3-9,14,16H,10-13,15,17H2,1-2H3,(H,26,28). The van der Waals surface area contributed by atoms with E-state index in [1.54, 1.807) is 14.2 Å². The molecule has 1 amide bonds. The van der Waals surface area contributed by atoms with Gasteiger partial charge in [-0.1, -0.05) is 24.3 Å². The number of rotatable bonds is 8. The molecule has 168 valence electrons. The van der Waals surface area contributed by atoms with E-state index in [-0.39, 0.29) is 17.7 Å². The van der Waals surface area contributed by atoms with Crippen LogP contribution < -0.4 is 14.8 Å². The molecule has 0 unspecified atom stereocenters. The van der Waals surface area contributed by atoms with Gasteiger partial charge in [-0.15, -0.1) is 11.3 Å². The van der Waals surface area contributed by atoms with Crippen molar-refractivity contribution in [2.45, 2.75) is 24.7 Å². The molecule has 32 heavy (non-hydrogen) atoms. The van der Waals surface area contributed by atoms with Crippen molar-refractivity contribution in [2.75, 3.05) is 34.0 Å². The van der Waals surface area contributed by atoms with Gasteiger partial charge in [-0.2, -0.15) is 0 Å². The highest BCUT2D eigenvalue weighted by molar-refractivity contribution is 7.13. The van der Waals surface area contributed by atoms with Gasteiger partial charge < -0.3 is 19.5 Å². The van der Waals surface area contributed by atoms with Gasteiger partial charge in [-0.25, -0.2) is 4.98 Å². The molecule has 1 aliphatic rings. The molecule has 0 saturated carbocycles. The highest BCUT2D eigenvalue weighted by atomic mass is 32.1. The third-order valence-corrected chi connectivity index (χ3v) is 6.93. The van der Waals surface area contributed by atoms with Crippen molar-refractivity contribution in [3.05, 3.63) is 65.2 Å². The van der Waals surface area contributed by atoms with Crippen LogP contribution >= 0.6 is 11.3 Å². The van der Waals surface area contributed by atoms with Crippen molar-refractivity contribution in [1.82, 2.24) is 10.3 Å². The quantitative estimate of drug-likeness (QED) is 0.554. The maximum Gasteiger partial charge on any atom is 0.226 e. The number of hydrogen-bond acceptors (Lipinski definition) is 6. The summed E-state index contributed by atoms with van der Waals surface area (Å²) in [7, 11) is 3.31. The van der Waals surface area contributed by atoms with Crippen molar-refractivity contribution in [2.24, 2.45) is 0 Å². The first-order valence-corrected chi connectivity index (χ1v) is 11.6. The molecule has 2 aromatic carbocycles. The summed E-state index contributed by atoms with van der Waals surface area (Å²) >= 11 is 1.53. The monoisotopic (exact) mass is 452 g/mol. The molecular weight excluding hydrogens is 424 g/mol. The fourth-order valence-electron chi connectivity index (χ4n) is 4.05. The maximum absolute atomic E-state index is 12.8. The Morgan fingerprint density at radius 2 is 1.84 bits per heavy atom. The summed E-state index contributed by atoms with van der Waals surface area (Å²) in [4.78, 5) is 17.4. The van der Waals surface area contributed by atoms with Crippen LogP contribution in [0.3, 0.4) is 0 Å². The zero-order chi connectivity index (χ0) is 22.4. The summed E-state index contributed by atoms with van der Waals surface area (Å²) in [5.41, 5.74) is 2.84. The smallest absolute Gasteiger partial charge is 0.226 e. The molecule has 2 heterocycles. The molecule has 0 radical (unpaired) electrons. The number of nitrogens with one attached hydrogen (secondary N) is 1. The Morgan fingerprint density at radius 3 is 2.56 bits per heavy atom. The van der Waals surface area contributed by atoms with Gasteiger partial charge >= 0.3 is 0 Å². The van der Waals surface area contributed by atoms with E-state index in [0.29, 0.717) is 19.8 Å². The van der Waals surface area contributed by atoms with Crippen LogP contribution in [-0.2, 0) is 21.4 Å². The second kappa shape index (κ2) is 10.1. The van der Waals surface area contributed by atoms with Gasteiger partial charge in [0.25, 0.3) is 0 Å². The molecule has 1 saturated heterocycles. The SMILES string of the molecule is COc1ccc(C2(CNC(=O)Cc3csc(-c4cccc(OC)c4)n3)CCOCC2)cc1. The Morgan fingerprint density at radius 1 is 1.09 bits per heavy atom. The molecule has 0 bridgehead atoms. The third-order valence-electron chi connectivity index (χ3n) is 5.99. The fourth-order valence-corrected chi connectivity index (χ4v) is 4.86. The Labute approximate surface area is 192 Å². The Kier molecular flexibility index (Phi) is 7.07. The number of carbonyl (C=O) groups excluding carboxylic acids is 1. The fraction of sp³-hybridized carbons (Fsp3) is 0.360. The van der Waals surface area contributed by atoms with Crippen LogP contribution in [0.2, 0.25) is 0 Å². The summed E-state index contributed by atoms with van der Waals surface area (Å²) in [5.74, 6) is 1.60. The number of benzene rings is 2. The molecule has 4 rings (SSSR count). The molecule has 7 heteroatoms. The topological polar surface area (TPSA) is 69.7 Å². The average Bonchev–Trinajstić information content (AvgIpc) is 3.32. The van der Waals surface area contributed by atoms with Gasteiger partial charge in [-0.05, 0) is 42.7 Å². The van der Waals surface area contributed by atoms with Gasteiger partial charge in [0.1, 0.15) is 16.5 Å².